The minimum atomic E-state index is -0.0568. The van der Waals surface area contributed by atoms with Crippen LogP contribution in [0.15, 0.2) is 10.5 Å². The molecule has 0 aromatic heterocycles. The van der Waals surface area contributed by atoms with Gasteiger partial charge in [-0.1, -0.05) is 15.9 Å². The number of methoxy groups -OCH3 is 1. The van der Waals surface area contributed by atoms with Crippen molar-refractivity contribution in [3.05, 3.63) is 27.2 Å². The Kier molecular flexibility index (Phi) is 4.57. The summed E-state index contributed by atoms with van der Waals surface area (Å²) in [5.74, 6) is 1.27. The van der Waals surface area contributed by atoms with Crippen LogP contribution in [0.25, 0.3) is 0 Å². The molecule has 0 amide bonds. The standard InChI is InChI=1S/C14H18BrClO2/c1-8-6-11(15)9(2)12(14(8)17-3)13(16)10-4-5-18-7-10/h6,10,13H,4-5,7H2,1-3H3. The summed E-state index contributed by atoms with van der Waals surface area (Å²) in [5.41, 5.74) is 3.36. The number of rotatable bonds is 3. The molecule has 1 fully saturated rings. The number of aryl methyl sites for hydroxylation is 1. The van der Waals surface area contributed by atoms with Gasteiger partial charge in [0.1, 0.15) is 5.75 Å². The quantitative estimate of drug-likeness (QED) is 0.764. The van der Waals surface area contributed by atoms with Crippen molar-refractivity contribution in [2.24, 2.45) is 5.92 Å². The van der Waals surface area contributed by atoms with Crippen molar-refractivity contribution in [3.63, 3.8) is 0 Å². The first kappa shape index (κ1) is 14.2. The van der Waals surface area contributed by atoms with Crippen molar-refractivity contribution in [2.45, 2.75) is 25.6 Å². The lowest BCUT2D eigenvalue weighted by atomic mass is 9.92. The highest BCUT2D eigenvalue weighted by Gasteiger charge is 2.30. The van der Waals surface area contributed by atoms with Crippen molar-refractivity contribution in [1.82, 2.24) is 0 Å². The van der Waals surface area contributed by atoms with E-state index in [-0.39, 0.29) is 5.38 Å². The van der Waals surface area contributed by atoms with Gasteiger partial charge in [-0.15, -0.1) is 11.6 Å². The van der Waals surface area contributed by atoms with Crippen LogP contribution in [-0.4, -0.2) is 20.3 Å². The maximum absolute atomic E-state index is 6.66. The topological polar surface area (TPSA) is 18.5 Å². The zero-order valence-corrected chi connectivity index (χ0v) is 13.3. The van der Waals surface area contributed by atoms with Crippen molar-refractivity contribution in [3.8, 4) is 5.75 Å². The molecule has 2 nitrogen and oxygen atoms in total. The second-order valence-corrected chi connectivity index (χ2v) is 6.10. The smallest absolute Gasteiger partial charge is 0.126 e. The van der Waals surface area contributed by atoms with E-state index in [0.29, 0.717) is 5.92 Å². The lowest BCUT2D eigenvalue weighted by Crippen LogP contribution is -2.11. The molecule has 1 aliphatic heterocycles. The fourth-order valence-corrected chi connectivity index (χ4v) is 3.52. The first-order valence-corrected chi connectivity index (χ1v) is 7.34. The molecule has 2 unspecified atom stereocenters. The molecular weight excluding hydrogens is 316 g/mol. The van der Waals surface area contributed by atoms with E-state index in [2.05, 4.69) is 28.9 Å². The second-order valence-electron chi connectivity index (χ2n) is 4.77. The summed E-state index contributed by atoms with van der Waals surface area (Å²) in [6, 6.07) is 2.08. The van der Waals surface area contributed by atoms with E-state index in [0.717, 1.165) is 46.5 Å². The van der Waals surface area contributed by atoms with Crippen molar-refractivity contribution >= 4 is 27.5 Å². The molecule has 0 radical (unpaired) electrons. The van der Waals surface area contributed by atoms with Gasteiger partial charge in [0.05, 0.1) is 19.1 Å². The molecule has 0 spiro atoms. The Morgan fingerprint density at radius 3 is 2.78 bits per heavy atom. The lowest BCUT2D eigenvalue weighted by Gasteiger charge is -2.23. The first-order valence-electron chi connectivity index (χ1n) is 6.11. The van der Waals surface area contributed by atoms with Gasteiger partial charge in [-0.2, -0.15) is 0 Å². The average molecular weight is 334 g/mol. The van der Waals surface area contributed by atoms with Gasteiger partial charge in [0.15, 0.2) is 0 Å². The first-order chi connectivity index (χ1) is 8.56. The van der Waals surface area contributed by atoms with Gasteiger partial charge in [0.2, 0.25) is 0 Å². The average Bonchev–Trinajstić information content (AvgIpc) is 2.86. The van der Waals surface area contributed by atoms with Crippen LogP contribution in [0.3, 0.4) is 0 Å². The third-order valence-electron chi connectivity index (χ3n) is 3.57. The fraction of sp³-hybridized carbons (Fsp3) is 0.571. The van der Waals surface area contributed by atoms with Crippen LogP contribution in [0.4, 0.5) is 0 Å². The predicted octanol–water partition coefficient (Wildman–Crippen LogP) is 4.39. The molecule has 1 heterocycles. The summed E-state index contributed by atoms with van der Waals surface area (Å²) >= 11 is 10.3. The third kappa shape index (κ3) is 2.54. The molecule has 0 N–H and O–H groups in total. The van der Waals surface area contributed by atoms with Gasteiger partial charge in [-0.05, 0) is 37.5 Å². The summed E-state index contributed by atoms with van der Waals surface area (Å²) in [7, 11) is 1.70. The Labute approximate surface area is 122 Å². The molecule has 1 aliphatic rings. The van der Waals surface area contributed by atoms with Crippen LogP contribution in [-0.2, 0) is 4.74 Å². The number of hydrogen-bond donors (Lipinski definition) is 0. The highest BCUT2D eigenvalue weighted by Crippen LogP contribution is 2.44. The van der Waals surface area contributed by atoms with E-state index in [1.165, 1.54) is 0 Å². The SMILES string of the molecule is COc1c(C)cc(Br)c(C)c1C(Cl)C1CCOC1. The minimum Gasteiger partial charge on any atom is -0.496 e. The Hall–Kier alpha value is -0.250. The predicted molar refractivity (Wildman–Crippen MR) is 77.7 cm³/mol. The monoisotopic (exact) mass is 332 g/mol. The highest BCUT2D eigenvalue weighted by molar-refractivity contribution is 9.10. The van der Waals surface area contributed by atoms with Gasteiger partial charge < -0.3 is 9.47 Å². The zero-order chi connectivity index (χ0) is 13.3. The molecule has 0 saturated carbocycles. The van der Waals surface area contributed by atoms with Gasteiger partial charge in [0.25, 0.3) is 0 Å². The number of benzene rings is 1. The molecule has 100 valence electrons. The zero-order valence-electron chi connectivity index (χ0n) is 10.9. The largest absolute Gasteiger partial charge is 0.496 e. The van der Waals surface area contributed by atoms with Gasteiger partial charge in [-0.3, -0.25) is 0 Å². The van der Waals surface area contributed by atoms with Crippen LogP contribution in [0.1, 0.15) is 28.5 Å². The number of halogens is 2. The van der Waals surface area contributed by atoms with Crippen LogP contribution in [0, 0.1) is 19.8 Å². The van der Waals surface area contributed by atoms with Gasteiger partial charge >= 0.3 is 0 Å². The number of hydrogen-bond acceptors (Lipinski definition) is 2. The second kappa shape index (κ2) is 5.81. The summed E-state index contributed by atoms with van der Waals surface area (Å²) in [5, 5.41) is -0.0568. The molecule has 4 heteroatoms. The maximum atomic E-state index is 6.66. The van der Waals surface area contributed by atoms with E-state index in [1.54, 1.807) is 7.11 Å². The van der Waals surface area contributed by atoms with Crippen molar-refractivity contribution in [2.75, 3.05) is 20.3 Å². The molecule has 1 saturated heterocycles. The molecule has 1 aromatic rings. The van der Waals surface area contributed by atoms with Crippen LogP contribution < -0.4 is 4.74 Å². The molecule has 2 rings (SSSR count). The van der Waals surface area contributed by atoms with Crippen LogP contribution >= 0.6 is 27.5 Å². The number of alkyl halides is 1. The third-order valence-corrected chi connectivity index (χ3v) is 4.97. The maximum Gasteiger partial charge on any atom is 0.126 e. The van der Waals surface area contributed by atoms with E-state index in [1.807, 2.05) is 6.92 Å². The van der Waals surface area contributed by atoms with E-state index in [9.17, 15) is 0 Å². The Morgan fingerprint density at radius 2 is 2.22 bits per heavy atom. The Morgan fingerprint density at radius 1 is 1.50 bits per heavy atom. The highest BCUT2D eigenvalue weighted by atomic mass is 79.9. The molecule has 1 aromatic carbocycles. The van der Waals surface area contributed by atoms with Gasteiger partial charge in [-0.25, -0.2) is 0 Å². The molecule has 0 bridgehead atoms. The van der Waals surface area contributed by atoms with Gasteiger partial charge in [0, 0.05) is 22.6 Å². The van der Waals surface area contributed by atoms with E-state index >= 15 is 0 Å². The van der Waals surface area contributed by atoms with Crippen molar-refractivity contribution in [1.29, 1.82) is 0 Å². The lowest BCUT2D eigenvalue weighted by molar-refractivity contribution is 0.185. The Bertz CT molecular complexity index is 442. The summed E-state index contributed by atoms with van der Waals surface area (Å²) in [6.45, 7) is 5.67. The van der Waals surface area contributed by atoms with E-state index < -0.39 is 0 Å². The van der Waals surface area contributed by atoms with Crippen LogP contribution in [0.2, 0.25) is 0 Å². The Balaban J connectivity index is 2.46. The van der Waals surface area contributed by atoms with Crippen LogP contribution in [0.5, 0.6) is 5.75 Å². The van der Waals surface area contributed by atoms with E-state index in [4.69, 9.17) is 21.1 Å². The summed E-state index contributed by atoms with van der Waals surface area (Å²) in [4.78, 5) is 0. The summed E-state index contributed by atoms with van der Waals surface area (Å²) in [6.07, 6.45) is 1.02. The summed E-state index contributed by atoms with van der Waals surface area (Å²) < 4.78 is 12.1. The number of ether oxygens (including phenoxy) is 2. The molecule has 18 heavy (non-hydrogen) atoms. The molecule has 2 atom stereocenters. The van der Waals surface area contributed by atoms with Crippen molar-refractivity contribution < 1.29 is 9.47 Å². The minimum absolute atomic E-state index is 0.0568. The fourth-order valence-electron chi connectivity index (χ4n) is 2.50. The molecular formula is C14H18BrClO2. The molecule has 0 aliphatic carbocycles. The normalized spacial score (nSPS) is 21.1.